The molecule has 1 rings (SSSR count). The fourth-order valence-corrected chi connectivity index (χ4v) is 1.43. The molecule has 0 aromatic heterocycles. The fourth-order valence-electron chi connectivity index (χ4n) is 1.43. The second kappa shape index (κ2) is 5.98. The molecular weight excluding hydrogens is 228 g/mol. The van der Waals surface area contributed by atoms with Crippen LogP contribution in [0.15, 0.2) is 30.9 Å². The molecule has 3 nitrogen and oxygen atoms in total. The molecule has 0 aliphatic carbocycles. The van der Waals surface area contributed by atoms with E-state index in [1.165, 1.54) is 17.0 Å². The van der Waals surface area contributed by atoms with Gasteiger partial charge in [-0.3, -0.25) is 4.79 Å². The SMILES string of the molecule is C=CCN(CCC(=O)O)c1ccc(F)cc1F. The summed E-state index contributed by atoms with van der Waals surface area (Å²) in [5, 5.41) is 8.58. The van der Waals surface area contributed by atoms with Crippen LogP contribution in [0.25, 0.3) is 0 Å². The molecule has 1 N–H and O–H groups in total. The summed E-state index contributed by atoms with van der Waals surface area (Å²) in [6.07, 6.45) is 1.41. The van der Waals surface area contributed by atoms with Crippen molar-refractivity contribution in [3.05, 3.63) is 42.5 Å². The number of halogens is 2. The van der Waals surface area contributed by atoms with E-state index in [4.69, 9.17) is 5.11 Å². The first-order chi connectivity index (χ1) is 8.04. The van der Waals surface area contributed by atoms with Gasteiger partial charge < -0.3 is 10.0 Å². The van der Waals surface area contributed by atoms with Gasteiger partial charge in [0.15, 0.2) is 0 Å². The van der Waals surface area contributed by atoms with Crippen molar-refractivity contribution in [1.82, 2.24) is 0 Å². The Labute approximate surface area is 98.0 Å². The standard InChI is InChI=1S/C12H13F2NO2/c1-2-6-15(7-5-12(16)17)11-4-3-9(13)8-10(11)14/h2-4,8H,1,5-7H2,(H,16,17). The third kappa shape index (κ3) is 3.86. The highest BCUT2D eigenvalue weighted by molar-refractivity contribution is 5.67. The molecule has 0 bridgehead atoms. The molecule has 0 saturated carbocycles. The van der Waals surface area contributed by atoms with Crippen LogP contribution in [0.4, 0.5) is 14.5 Å². The van der Waals surface area contributed by atoms with Crippen molar-refractivity contribution in [2.45, 2.75) is 6.42 Å². The van der Waals surface area contributed by atoms with Crippen molar-refractivity contribution < 1.29 is 18.7 Å². The van der Waals surface area contributed by atoms with Crippen LogP contribution in [-0.4, -0.2) is 24.2 Å². The van der Waals surface area contributed by atoms with E-state index in [9.17, 15) is 13.6 Å². The molecule has 0 spiro atoms. The zero-order chi connectivity index (χ0) is 12.8. The predicted octanol–water partition coefficient (Wildman–Crippen LogP) is 2.43. The molecular formula is C12H13F2NO2. The van der Waals surface area contributed by atoms with Gasteiger partial charge in [-0.25, -0.2) is 8.78 Å². The zero-order valence-electron chi connectivity index (χ0n) is 9.20. The van der Waals surface area contributed by atoms with Crippen molar-refractivity contribution in [3.63, 3.8) is 0 Å². The monoisotopic (exact) mass is 241 g/mol. The van der Waals surface area contributed by atoms with E-state index in [1.54, 1.807) is 0 Å². The van der Waals surface area contributed by atoms with Gasteiger partial charge in [0.25, 0.3) is 0 Å². The number of anilines is 1. The van der Waals surface area contributed by atoms with Gasteiger partial charge in [0.05, 0.1) is 12.1 Å². The Morgan fingerprint density at radius 1 is 1.47 bits per heavy atom. The number of hydrogen-bond acceptors (Lipinski definition) is 2. The first kappa shape index (κ1) is 13.2. The normalized spacial score (nSPS) is 10.0. The quantitative estimate of drug-likeness (QED) is 0.777. The summed E-state index contributed by atoms with van der Waals surface area (Å²) >= 11 is 0. The van der Waals surface area contributed by atoms with Crippen LogP contribution in [0, 0.1) is 11.6 Å². The predicted molar refractivity (Wildman–Crippen MR) is 61.0 cm³/mol. The van der Waals surface area contributed by atoms with Gasteiger partial charge in [-0.1, -0.05) is 6.08 Å². The molecule has 0 heterocycles. The van der Waals surface area contributed by atoms with Gasteiger partial charge in [0, 0.05) is 19.2 Å². The lowest BCUT2D eigenvalue weighted by atomic mass is 10.2. The molecule has 92 valence electrons. The summed E-state index contributed by atoms with van der Waals surface area (Å²) < 4.78 is 26.2. The van der Waals surface area contributed by atoms with Gasteiger partial charge in [-0.2, -0.15) is 0 Å². The van der Waals surface area contributed by atoms with E-state index >= 15 is 0 Å². The van der Waals surface area contributed by atoms with E-state index in [0.717, 1.165) is 12.1 Å². The summed E-state index contributed by atoms with van der Waals surface area (Å²) in [6.45, 7) is 3.96. The van der Waals surface area contributed by atoms with Crippen LogP contribution in [0.1, 0.15) is 6.42 Å². The van der Waals surface area contributed by atoms with E-state index in [1.807, 2.05) is 0 Å². The number of nitrogens with zero attached hydrogens (tertiary/aromatic N) is 1. The Balaban J connectivity index is 2.88. The Kier molecular flexibility index (Phi) is 4.63. The van der Waals surface area contributed by atoms with Gasteiger partial charge in [-0.05, 0) is 12.1 Å². The summed E-state index contributed by atoms with van der Waals surface area (Å²) in [5.74, 6) is -2.35. The largest absolute Gasteiger partial charge is 0.481 e. The minimum absolute atomic E-state index is 0.120. The van der Waals surface area contributed by atoms with Crippen LogP contribution in [0.2, 0.25) is 0 Å². The van der Waals surface area contributed by atoms with E-state index in [-0.39, 0.29) is 18.7 Å². The van der Waals surface area contributed by atoms with E-state index in [0.29, 0.717) is 6.54 Å². The lowest BCUT2D eigenvalue weighted by molar-refractivity contribution is -0.136. The zero-order valence-corrected chi connectivity index (χ0v) is 9.20. The van der Waals surface area contributed by atoms with Gasteiger partial charge in [0.2, 0.25) is 0 Å². The second-order valence-electron chi connectivity index (χ2n) is 3.47. The second-order valence-corrected chi connectivity index (χ2v) is 3.47. The molecule has 0 radical (unpaired) electrons. The number of carboxylic acid groups (broad SMARTS) is 1. The molecule has 5 heteroatoms. The fraction of sp³-hybridized carbons (Fsp3) is 0.250. The summed E-state index contributed by atoms with van der Waals surface area (Å²) in [5.41, 5.74) is 0.174. The molecule has 0 unspecified atom stereocenters. The number of benzene rings is 1. The van der Waals surface area contributed by atoms with Crippen molar-refractivity contribution >= 4 is 11.7 Å². The smallest absolute Gasteiger partial charge is 0.305 e. The number of rotatable bonds is 6. The van der Waals surface area contributed by atoms with Crippen molar-refractivity contribution in [1.29, 1.82) is 0 Å². The third-order valence-electron chi connectivity index (χ3n) is 2.20. The maximum absolute atomic E-state index is 13.5. The number of carbonyl (C=O) groups is 1. The van der Waals surface area contributed by atoms with Gasteiger partial charge >= 0.3 is 5.97 Å². The Morgan fingerprint density at radius 3 is 2.71 bits per heavy atom. The topological polar surface area (TPSA) is 40.5 Å². The summed E-state index contributed by atoms with van der Waals surface area (Å²) in [4.78, 5) is 12.0. The Morgan fingerprint density at radius 2 is 2.18 bits per heavy atom. The Bertz CT molecular complexity index is 421. The lowest BCUT2D eigenvalue weighted by Crippen LogP contribution is -2.27. The minimum atomic E-state index is -0.971. The molecule has 0 saturated heterocycles. The average molecular weight is 241 g/mol. The third-order valence-corrected chi connectivity index (χ3v) is 2.20. The number of carboxylic acids is 1. The number of hydrogen-bond donors (Lipinski definition) is 1. The van der Waals surface area contributed by atoms with Crippen LogP contribution in [0.5, 0.6) is 0 Å². The summed E-state index contributed by atoms with van der Waals surface area (Å²) in [6, 6.07) is 3.19. The highest BCUT2D eigenvalue weighted by Crippen LogP contribution is 2.20. The molecule has 0 aliphatic heterocycles. The average Bonchev–Trinajstić information content (AvgIpc) is 2.24. The van der Waals surface area contributed by atoms with Crippen LogP contribution >= 0.6 is 0 Å². The molecule has 0 fully saturated rings. The van der Waals surface area contributed by atoms with E-state index in [2.05, 4.69) is 6.58 Å². The first-order valence-electron chi connectivity index (χ1n) is 5.07. The number of aliphatic carboxylic acids is 1. The highest BCUT2D eigenvalue weighted by Gasteiger charge is 2.12. The minimum Gasteiger partial charge on any atom is -0.481 e. The summed E-state index contributed by atoms with van der Waals surface area (Å²) in [7, 11) is 0. The maximum atomic E-state index is 13.5. The van der Waals surface area contributed by atoms with Crippen LogP contribution in [-0.2, 0) is 4.79 Å². The van der Waals surface area contributed by atoms with Gasteiger partial charge in [0.1, 0.15) is 11.6 Å². The van der Waals surface area contributed by atoms with Gasteiger partial charge in [-0.15, -0.1) is 6.58 Å². The molecule has 17 heavy (non-hydrogen) atoms. The lowest BCUT2D eigenvalue weighted by Gasteiger charge is -2.22. The maximum Gasteiger partial charge on any atom is 0.305 e. The van der Waals surface area contributed by atoms with Crippen molar-refractivity contribution in [2.75, 3.05) is 18.0 Å². The van der Waals surface area contributed by atoms with Crippen molar-refractivity contribution in [3.8, 4) is 0 Å². The molecule has 0 atom stereocenters. The molecule has 0 amide bonds. The van der Waals surface area contributed by atoms with Crippen LogP contribution in [0.3, 0.4) is 0 Å². The van der Waals surface area contributed by atoms with E-state index < -0.39 is 17.6 Å². The molecule has 0 aliphatic rings. The Hall–Kier alpha value is -1.91. The first-order valence-corrected chi connectivity index (χ1v) is 5.07. The molecule has 1 aromatic carbocycles. The van der Waals surface area contributed by atoms with Crippen LogP contribution < -0.4 is 4.90 Å². The van der Waals surface area contributed by atoms with Crippen molar-refractivity contribution in [2.24, 2.45) is 0 Å². The molecule has 1 aromatic rings. The highest BCUT2D eigenvalue weighted by atomic mass is 19.1.